The monoisotopic (exact) mass is 471 g/mol. The van der Waals surface area contributed by atoms with Gasteiger partial charge in [0, 0.05) is 32.7 Å². The fraction of sp³-hybridized carbons (Fsp3) is 0.350. The van der Waals surface area contributed by atoms with Crippen molar-refractivity contribution in [2.24, 2.45) is 0 Å². The summed E-state index contributed by atoms with van der Waals surface area (Å²) in [6, 6.07) is 11.7. The van der Waals surface area contributed by atoms with Gasteiger partial charge >= 0.3 is 6.03 Å². The Morgan fingerprint density at radius 2 is 1.77 bits per heavy atom. The summed E-state index contributed by atoms with van der Waals surface area (Å²) >= 11 is 11.8. The standard InChI is InChI=1S/C20H23Cl2N3O4S/c1-29-19-5-3-2-4-15(19)8-9-23-20(26)24-10-12-25(13-11-24)30(27,28)16-6-7-17(21)18(22)14-16/h2-7,14H,8-13H2,1H3,(H,23,26). The van der Waals surface area contributed by atoms with E-state index in [9.17, 15) is 13.2 Å². The highest BCUT2D eigenvalue weighted by atomic mass is 35.5. The van der Waals surface area contributed by atoms with Gasteiger partial charge in [0.15, 0.2) is 0 Å². The number of benzene rings is 2. The topological polar surface area (TPSA) is 79.0 Å². The van der Waals surface area contributed by atoms with Crippen molar-refractivity contribution < 1.29 is 17.9 Å². The fourth-order valence-electron chi connectivity index (χ4n) is 3.24. The molecule has 10 heteroatoms. The van der Waals surface area contributed by atoms with E-state index in [2.05, 4.69) is 5.32 Å². The number of nitrogens with one attached hydrogen (secondary N) is 1. The van der Waals surface area contributed by atoms with Crippen molar-refractivity contribution >= 4 is 39.3 Å². The van der Waals surface area contributed by atoms with Gasteiger partial charge in [-0.05, 0) is 36.2 Å². The lowest BCUT2D eigenvalue weighted by Gasteiger charge is -2.34. The molecule has 3 rings (SSSR count). The molecule has 1 heterocycles. The average molecular weight is 472 g/mol. The van der Waals surface area contributed by atoms with Crippen molar-refractivity contribution in [1.82, 2.24) is 14.5 Å². The summed E-state index contributed by atoms with van der Waals surface area (Å²) in [4.78, 5) is 14.1. The van der Waals surface area contributed by atoms with Gasteiger partial charge in [-0.2, -0.15) is 4.31 Å². The number of urea groups is 1. The first-order chi connectivity index (χ1) is 14.3. The first kappa shape index (κ1) is 22.7. The van der Waals surface area contributed by atoms with Crippen molar-refractivity contribution in [1.29, 1.82) is 0 Å². The van der Waals surface area contributed by atoms with E-state index in [-0.39, 0.29) is 29.0 Å². The molecule has 0 aromatic heterocycles. The van der Waals surface area contributed by atoms with E-state index in [0.717, 1.165) is 11.3 Å². The highest BCUT2D eigenvalue weighted by molar-refractivity contribution is 7.89. The molecule has 30 heavy (non-hydrogen) atoms. The SMILES string of the molecule is COc1ccccc1CCNC(=O)N1CCN(S(=O)(=O)c2ccc(Cl)c(Cl)c2)CC1. The summed E-state index contributed by atoms with van der Waals surface area (Å²) < 4.78 is 32.3. The zero-order valence-corrected chi connectivity index (χ0v) is 18.8. The molecule has 0 unspecified atom stereocenters. The Labute approximate surface area is 186 Å². The molecule has 1 saturated heterocycles. The van der Waals surface area contributed by atoms with Gasteiger partial charge in [-0.1, -0.05) is 41.4 Å². The Balaban J connectivity index is 1.52. The number of carbonyl (C=O) groups is 1. The maximum atomic E-state index is 12.8. The van der Waals surface area contributed by atoms with Crippen LogP contribution >= 0.6 is 23.2 Å². The van der Waals surface area contributed by atoms with Crippen LogP contribution in [0.4, 0.5) is 4.79 Å². The first-order valence-electron chi connectivity index (χ1n) is 9.43. The van der Waals surface area contributed by atoms with E-state index in [0.29, 0.717) is 31.1 Å². The van der Waals surface area contributed by atoms with Crippen LogP contribution in [0, 0.1) is 0 Å². The average Bonchev–Trinajstić information content (AvgIpc) is 2.76. The van der Waals surface area contributed by atoms with Gasteiger partial charge in [-0.15, -0.1) is 0 Å². The van der Waals surface area contributed by atoms with Crippen LogP contribution in [0.2, 0.25) is 10.0 Å². The maximum Gasteiger partial charge on any atom is 0.317 e. The van der Waals surface area contributed by atoms with Gasteiger partial charge in [0.05, 0.1) is 22.1 Å². The number of methoxy groups -OCH3 is 1. The molecule has 2 amide bonds. The smallest absolute Gasteiger partial charge is 0.317 e. The first-order valence-corrected chi connectivity index (χ1v) is 11.6. The lowest BCUT2D eigenvalue weighted by atomic mass is 10.1. The van der Waals surface area contributed by atoms with Gasteiger partial charge in [0.25, 0.3) is 0 Å². The molecule has 0 bridgehead atoms. The van der Waals surface area contributed by atoms with Crippen LogP contribution in [0.1, 0.15) is 5.56 Å². The van der Waals surface area contributed by atoms with Crippen LogP contribution in [0.3, 0.4) is 0 Å². The molecule has 0 atom stereocenters. The van der Waals surface area contributed by atoms with Crippen molar-refractivity contribution in [3.63, 3.8) is 0 Å². The van der Waals surface area contributed by atoms with Crippen LogP contribution < -0.4 is 10.1 Å². The van der Waals surface area contributed by atoms with Gasteiger partial charge in [0.1, 0.15) is 5.75 Å². The molecule has 162 valence electrons. The van der Waals surface area contributed by atoms with E-state index in [1.165, 1.54) is 22.5 Å². The molecule has 1 fully saturated rings. The molecule has 2 aromatic rings. The lowest BCUT2D eigenvalue weighted by Crippen LogP contribution is -2.53. The van der Waals surface area contributed by atoms with Crippen LogP contribution in [-0.2, 0) is 16.4 Å². The van der Waals surface area contributed by atoms with Crippen LogP contribution in [0.15, 0.2) is 47.4 Å². The van der Waals surface area contributed by atoms with E-state index in [4.69, 9.17) is 27.9 Å². The molecule has 0 spiro atoms. The molecular formula is C20H23Cl2N3O4S. The zero-order chi connectivity index (χ0) is 21.7. The number of halogens is 2. The Bertz CT molecular complexity index is 1010. The third-order valence-corrected chi connectivity index (χ3v) is 7.55. The normalized spacial score (nSPS) is 15.1. The van der Waals surface area contributed by atoms with Gasteiger partial charge in [0.2, 0.25) is 10.0 Å². The van der Waals surface area contributed by atoms with E-state index in [1.54, 1.807) is 12.0 Å². The second-order valence-corrected chi connectivity index (χ2v) is 9.51. The number of para-hydroxylation sites is 1. The maximum absolute atomic E-state index is 12.8. The third-order valence-electron chi connectivity index (χ3n) is 4.92. The number of hydrogen-bond donors (Lipinski definition) is 1. The van der Waals surface area contributed by atoms with Crippen LogP contribution in [0.25, 0.3) is 0 Å². The molecule has 1 aliphatic rings. The number of sulfonamides is 1. The second-order valence-electron chi connectivity index (χ2n) is 6.76. The molecule has 1 aliphatic heterocycles. The number of rotatable bonds is 6. The Kier molecular flexibility index (Phi) is 7.46. The number of carbonyl (C=O) groups excluding carboxylic acids is 1. The zero-order valence-electron chi connectivity index (χ0n) is 16.5. The highest BCUT2D eigenvalue weighted by Crippen LogP contribution is 2.27. The molecular weight excluding hydrogens is 449 g/mol. The predicted molar refractivity (Wildman–Crippen MR) is 117 cm³/mol. The second kappa shape index (κ2) is 9.87. The Morgan fingerprint density at radius 1 is 1.07 bits per heavy atom. The summed E-state index contributed by atoms with van der Waals surface area (Å²) in [6.07, 6.45) is 0.640. The fourth-order valence-corrected chi connectivity index (χ4v) is 5.06. The Morgan fingerprint density at radius 3 is 2.43 bits per heavy atom. The summed E-state index contributed by atoms with van der Waals surface area (Å²) in [6.45, 7) is 1.49. The summed E-state index contributed by atoms with van der Waals surface area (Å²) in [5, 5.41) is 3.36. The van der Waals surface area contributed by atoms with Crippen molar-refractivity contribution in [3.8, 4) is 5.75 Å². The minimum Gasteiger partial charge on any atom is -0.496 e. The van der Waals surface area contributed by atoms with Crippen LogP contribution in [0.5, 0.6) is 5.75 Å². The molecule has 0 saturated carbocycles. The van der Waals surface area contributed by atoms with Gasteiger partial charge in [-0.25, -0.2) is 13.2 Å². The van der Waals surface area contributed by atoms with Gasteiger partial charge in [-0.3, -0.25) is 0 Å². The minimum absolute atomic E-state index is 0.0895. The number of hydrogen-bond acceptors (Lipinski definition) is 4. The molecule has 0 aliphatic carbocycles. The van der Waals surface area contributed by atoms with Crippen LogP contribution in [-0.4, -0.2) is 63.5 Å². The minimum atomic E-state index is -3.69. The third kappa shape index (κ3) is 5.18. The van der Waals surface area contributed by atoms with Crippen molar-refractivity contribution in [2.75, 3.05) is 39.8 Å². The van der Waals surface area contributed by atoms with E-state index < -0.39 is 10.0 Å². The molecule has 2 aromatic carbocycles. The summed E-state index contributed by atoms with van der Waals surface area (Å²) in [5.41, 5.74) is 1.01. The summed E-state index contributed by atoms with van der Waals surface area (Å²) in [7, 11) is -2.08. The molecule has 1 N–H and O–H groups in total. The highest BCUT2D eigenvalue weighted by Gasteiger charge is 2.30. The number of nitrogens with zero attached hydrogens (tertiary/aromatic N) is 2. The van der Waals surface area contributed by atoms with Crippen molar-refractivity contribution in [2.45, 2.75) is 11.3 Å². The van der Waals surface area contributed by atoms with Gasteiger partial charge < -0.3 is 15.0 Å². The van der Waals surface area contributed by atoms with E-state index in [1.807, 2.05) is 24.3 Å². The largest absolute Gasteiger partial charge is 0.496 e. The molecule has 0 radical (unpaired) electrons. The predicted octanol–water partition coefficient (Wildman–Crippen LogP) is 3.26. The number of amides is 2. The molecule has 7 nitrogen and oxygen atoms in total. The Hall–Kier alpha value is -2.00. The van der Waals surface area contributed by atoms with Crippen molar-refractivity contribution in [3.05, 3.63) is 58.1 Å². The van der Waals surface area contributed by atoms with E-state index >= 15 is 0 Å². The quantitative estimate of drug-likeness (QED) is 0.700. The number of piperazine rings is 1. The lowest BCUT2D eigenvalue weighted by molar-refractivity contribution is 0.172. The number of ether oxygens (including phenoxy) is 1. The summed E-state index contributed by atoms with van der Waals surface area (Å²) in [5.74, 6) is 0.785.